The lowest BCUT2D eigenvalue weighted by molar-refractivity contribution is -0.120. The average Bonchev–Trinajstić information content (AvgIpc) is 2.27. The first-order valence-electron chi connectivity index (χ1n) is 5.99. The van der Waals surface area contributed by atoms with Crippen LogP contribution in [0.25, 0.3) is 0 Å². The second kappa shape index (κ2) is 6.31. The lowest BCUT2D eigenvalue weighted by Crippen LogP contribution is -2.22. The zero-order valence-electron chi connectivity index (χ0n) is 10.4. The summed E-state index contributed by atoms with van der Waals surface area (Å²) in [6, 6.07) is 8.54. The van der Waals surface area contributed by atoms with E-state index in [2.05, 4.69) is 43.4 Å². The van der Waals surface area contributed by atoms with Crippen LogP contribution in [0.4, 0.5) is 0 Å². The highest BCUT2D eigenvalue weighted by atomic mass is 16.1. The highest BCUT2D eigenvalue weighted by Gasteiger charge is 2.02. The molecule has 1 rings (SSSR count). The Hall–Kier alpha value is -1.31. The van der Waals surface area contributed by atoms with Crippen LogP contribution in [-0.4, -0.2) is 12.5 Å². The second-order valence-electron chi connectivity index (χ2n) is 4.35. The number of amides is 1. The third kappa shape index (κ3) is 4.05. The van der Waals surface area contributed by atoms with Gasteiger partial charge in [0.05, 0.1) is 0 Å². The first-order chi connectivity index (χ1) is 7.63. The number of nitrogens with one attached hydrogen (secondary N) is 1. The van der Waals surface area contributed by atoms with Gasteiger partial charge in [-0.3, -0.25) is 4.79 Å². The highest BCUT2D eigenvalue weighted by Crippen LogP contribution is 2.15. The van der Waals surface area contributed by atoms with Crippen LogP contribution >= 0.6 is 0 Å². The van der Waals surface area contributed by atoms with E-state index in [1.54, 1.807) is 0 Å². The third-order valence-electron chi connectivity index (χ3n) is 2.66. The van der Waals surface area contributed by atoms with E-state index in [4.69, 9.17) is 0 Å². The Morgan fingerprint density at radius 2 is 1.88 bits per heavy atom. The number of carbonyl (C=O) groups is 1. The molecule has 0 aliphatic carbocycles. The summed E-state index contributed by atoms with van der Waals surface area (Å²) in [6.45, 7) is 7.02. The minimum atomic E-state index is 0.135. The van der Waals surface area contributed by atoms with Crippen LogP contribution in [0.3, 0.4) is 0 Å². The van der Waals surface area contributed by atoms with Gasteiger partial charge in [-0.05, 0) is 30.4 Å². The number of rotatable bonds is 5. The Labute approximate surface area is 98.1 Å². The number of hydrogen-bond acceptors (Lipinski definition) is 1. The van der Waals surface area contributed by atoms with Crippen LogP contribution in [0.2, 0.25) is 0 Å². The summed E-state index contributed by atoms with van der Waals surface area (Å²) >= 11 is 0. The van der Waals surface area contributed by atoms with Gasteiger partial charge in [0, 0.05) is 13.0 Å². The van der Waals surface area contributed by atoms with Gasteiger partial charge in [-0.2, -0.15) is 0 Å². The summed E-state index contributed by atoms with van der Waals surface area (Å²) in [4.78, 5) is 11.3. The lowest BCUT2D eigenvalue weighted by Gasteiger charge is -2.07. The van der Waals surface area contributed by atoms with E-state index in [-0.39, 0.29) is 5.91 Å². The number of aryl methyl sites for hydroxylation is 1. The van der Waals surface area contributed by atoms with Crippen molar-refractivity contribution < 1.29 is 4.79 Å². The van der Waals surface area contributed by atoms with Crippen LogP contribution in [0, 0.1) is 0 Å². The molecule has 0 aromatic heterocycles. The molecule has 0 saturated carbocycles. The summed E-state index contributed by atoms with van der Waals surface area (Å²) in [7, 11) is 0. The van der Waals surface area contributed by atoms with Crippen LogP contribution in [0.5, 0.6) is 0 Å². The van der Waals surface area contributed by atoms with Crippen molar-refractivity contribution in [1.82, 2.24) is 5.32 Å². The quantitative estimate of drug-likeness (QED) is 0.810. The molecule has 0 fully saturated rings. The number of benzene rings is 1. The van der Waals surface area contributed by atoms with E-state index in [0.717, 1.165) is 6.42 Å². The van der Waals surface area contributed by atoms with E-state index in [1.165, 1.54) is 11.1 Å². The van der Waals surface area contributed by atoms with Crippen molar-refractivity contribution in [3.8, 4) is 0 Å². The summed E-state index contributed by atoms with van der Waals surface area (Å²) in [5, 5.41) is 2.81. The minimum absolute atomic E-state index is 0.135. The van der Waals surface area contributed by atoms with Crippen molar-refractivity contribution in [2.75, 3.05) is 6.54 Å². The highest BCUT2D eigenvalue weighted by molar-refractivity contribution is 5.76. The maximum Gasteiger partial charge on any atom is 0.220 e. The van der Waals surface area contributed by atoms with Crippen molar-refractivity contribution in [3.63, 3.8) is 0 Å². The Balaban J connectivity index is 2.46. The van der Waals surface area contributed by atoms with Crippen molar-refractivity contribution >= 4 is 5.91 Å². The number of carbonyl (C=O) groups excluding carboxylic acids is 1. The molecule has 88 valence electrons. The maximum absolute atomic E-state index is 11.3. The van der Waals surface area contributed by atoms with E-state index in [9.17, 15) is 4.79 Å². The van der Waals surface area contributed by atoms with Crippen LogP contribution in [0.15, 0.2) is 24.3 Å². The van der Waals surface area contributed by atoms with Gasteiger partial charge < -0.3 is 5.32 Å². The molecule has 0 atom stereocenters. The molecule has 1 N–H and O–H groups in total. The molecular weight excluding hydrogens is 198 g/mol. The van der Waals surface area contributed by atoms with E-state index >= 15 is 0 Å². The van der Waals surface area contributed by atoms with Gasteiger partial charge in [-0.15, -0.1) is 0 Å². The van der Waals surface area contributed by atoms with E-state index in [0.29, 0.717) is 18.9 Å². The molecule has 0 unspecified atom stereocenters. The van der Waals surface area contributed by atoms with Gasteiger partial charge >= 0.3 is 0 Å². The molecule has 0 aliphatic rings. The van der Waals surface area contributed by atoms with Gasteiger partial charge in [0.25, 0.3) is 0 Å². The molecule has 0 radical (unpaired) electrons. The first-order valence-corrected chi connectivity index (χ1v) is 5.99. The predicted octanol–water partition coefficient (Wildman–Crippen LogP) is 2.88. The average molecular weight is 219 g/mol. The third-order valence-corrected chi connectivity index (χ3v) is 2.66. The van der Waals surface area contributed by atoms with Crippen LogP contribution in [0.1, 0.15) is 44.2 Å². The first kappa shape index (κ1) is 12.8. The lowest BCUT2D eigenvalue weighted by atomic mass is 10.0. The Bertz CT molecular complexity index is 327. The zero-order chi connectivity index (χ0) is 12.0. The standard InChI is InChI=1S/C14H21NO/c1-4-15-14(16)10-7-12-5-8-13(9-6-12)11(2)3/h5-6,8-9,11H,4,7,10H2,1-3H3,(H,15,16). The van der Waals surface area contributed by atoms with Crippen molar-refractivity contribution in [1.29, 1.82) is 0 Å². The SMILES string of the molecule is CCNC(=O)CCc1ccc(C(C)C)cc1. The van der Waals surface area contributed by atoms with Crippen LogP contribution < -0.4 is 5.32 Å². The van der Waals surface area contributed by atoms with Crippen molar-refractivity contribution in [2.24, 2.45) is 0 Å². The summed E-state index contributed by atoms with van der Waals surface area (Å²) in [6.07, 6.45) is 1.40. The Morgan fingerprint density at radius 3 is 2.38 bits per heavy atom. The monoisotopic (exact) mass is 219 g/mol. The maximum atomic E-state index is 11.3. The molecule has 0 aliphatic heterocycles. The molecule has 2 heteroatoms. The summed E-state index contributed by atoms with van der Waals surface area (Å²) < 4.78 is 0. The van der Waals surface area contributed by atoms with E-state index in [1.807, 2.05) is 6.92 Å². The zero-order valence-corrected chi connectivity index (χ0v) is 10.4. The molecule has 2 nitrogen and oxygen atoms in total. The van der Waals surface area contributed by atoms with E-state index < -0.39 is 0 Å². The second-order valence-corrected chi connectivity index (χ2v) is 4.35. The molecule has 1 amide bonds. The minimum Gasteiger partial charge on any atom is -0.356 e. The molecule has 0 saturated heterocycles. The van der Waals surface area contributed by atoms with Gasteiger partial charge in [-0.25, -0.2) is 0 Å². The molecular formula is C14H21NO. The van der Waals surface area contributed by atoms with Crippen LogP contribution in [-0.2, 0) is 11.2 Å². The molecule has 1 aromatic rings. The van der Waals surface area contributed by atoms with Gasteiger partial charge in [-0.1, -0.05) is 38.1 Å². The Kier molecular flexibility index (Phi) is 5.03. The fraction of sp³-hybridized carbons (Fsp3) is 0.500. The Morgan fingerprint density at radius 1 is 1.25 bits per heavy atom. The van der Waals surface area contributed by atoms with Crippen molar-refractivity contribution in [2.45, 2.75) is 39.5 Å². The van der Waals surface area contributed by atoms with Gasteiger partial charge in [0.2, 0.25) is 5.91 Å². The summed E-state index contributed by atoms with van der Waals surface area (Å²) in [5.74, 6) is 0.702. The topological polar surface area (TPSA) is 29.1 Å². The fourth-order valence-corrected chi connectivity index (χ4v) is 1.61. The van der Waals surface area contributed by atoms with Gasteiger partial charge in [0.15, 0.2) is 0 Å². The molecule has 0 bridgehead atoms. The normalized spacial score (nSPS) is 10.5. The fourth-order valence-electron chi connectivity index (χ4n) is 1.61. The molecule has 16 heavy (non-hydrogen) atoms. The largest absolute Gasteiger partial charge is 0.356 e. The smallest absolute Gasteiger partial charge is 0.220 e. The predicted molar refractivity (Wildman–Crippen MR) is 67.5 cm³/mol. The van der Waals surface area contributed by atoms with Crippen molar-refractivity contribution in [3.05, 3.63) is 35.4 Å². The summed E-state index contributed by atoms with van der Waals surface area (Å²) in [5.41, 5.74) is 2.58. The number of hydrogen-bond donors (Lipinski definition) is 1. The molecule has 0 spiro atoms. The van der Waals surface area contributed by atoms with Gasteiger partial charge in [0.1, 0.15) is 0 Å². The molecule has 1 aromatic carbocycles. The molecule has 0 heterocycles.